The van der Waals surface area contributed by atoms with Crippen LogP contribution in [0.2, 0.25) is 5.02 Å². The molecule has 1 aromatic carbocycles. The molecule has 0 aliphatic carbocycles. The van der Waals surface area contributed by atoms with Crippen LogP contribution < -0.4 is 19.5 Å². The number of benzene rings is 1. The number of ketones is 1. The van der Waals surface area contributed by atoms with Crippen molar-refractivity contribution >= 4 is 40.9 Å². The number of rotatable bonds is 3. The monoisotopic (exact) mass is 367 g/mol. The smallest absolute Gasteiger partial charge is 0.266 e. The number of carbonyl (C=O) groups excluding carboxylic acids is 1. The summed E-state index contributed by atoms with van der Waals surface area (Å²) in [5.74, 6) is -0.00136. The quantitative estimate of drug-likeness (QED) is 0.870. The van der Waals surface area contributed by atoms with Gasteiger partial charge in [0.05, 0.1) is 21.3 Å². The number of methoxy groups -OCH3 is 1. The van der Waals surface area contributed by atoms with Crippen LogP contribution in [0.1, 0.15) is 26.3 Å². The first kappa shape index (κ1) is 18.3. The number of thiazole rings is 1. The first-order chi connectivity index (χ1) is 11.1. The summed E-state index contributed by atoms with van der Waals surface area (Å²) in [4.78, 5) is 26.8. The molecule has 0 radical (unpaired) electrons. The minimum absolute atomic E-state index is 0.0686. The van der Waals surface area contributed by atoms with Gasteiger partial charge in [-0.2, -0.15) is 0 Å². The van der Waals surface area contributed by atoms with Crippen molar-refractivity contribution in [2.45, 2.75) is 20.8 Å². The number of aromatic nitrogens is 1. The average molecular weight is 368 g/mol. The zero-order chi connectivity index (χ0) is 18.1. The van der Waals surface area contributed by atoms with E-state index in [0.29, 0.717) is 14.8 Å². The second-order valence-corrected chi connectivity index (χ2v) is 7.73. The molecule has 1 aromatic heterocycles. The highest BCUT2D eigenvalue weighted by Crippen LogP contribution is 2.34. The Balaban J connectivity index is 2.54. The van der Waals surface area contributed by atoms with Crippen LogP contribution in [-0.2, 0) is 4.79 Å². The summed E-state index contributed by atoms with van der Waals surface area (Å²) in [6, 6.07) is 3.10. The van der Waals surface area contributed by atoms with Gasteiger partial charge in [0.2, 0.25) is 0 Å². The number of aromatic amines is 1. The lowest BCUT2D eigenvalue weighted by Gasteiger charge is -2.12. The Labute approximate surface area is 147 Å². The minimum Gasteiger partial charge on any atom is -0.503 e. The van der Waals surface area contributed by atoms with Gasteiger partial charge in [-0.25, -0.2) is 0 Å². The van der Waals surface area contributed by atoms with E-state index in [1.165, 1.54) is 30.6 Å². The van der Waals surface area contributed by atoms with Crippen molar-refractivity contribution < 1.29 is 14.6 Å². The average Bonchev–Trinajstić information content (AvgIpc) is 2.81. The molecule has 0 spiro atoms. The van der Waals surface area contributed by atoms with Crippen LogP contribution in [-0.4, -0.2) is 23.0 Å². The van der Waals surface area contributed by atoms with Gasteiger partial charge in [0.15, 0.2) is 17.3 Å². The van der Waals surface area contributed by atoms with E-state index in [1.807, 2.05) is 20.8 Å². The molecule has 0 amide bonds. The predicted molar refractivity (Wildman–Crippen MR) is 96.4 cm³/mol. The molecule has 2 rings (SSSR count). The highest BCUT2D eigenvalue weighted by atomic mass is 35.5. The summed E-state index contributed by atoms with van der Waals surface area (Å²) in [7, 11) is 1.41. The third-order valence-corrected chi connectivity index (χ3v) is 4.50. The lowest BCUT2D eigenvalue weighted by molar-refractivity contribution is -0.119. The summed E-state index contributed by atoms with van der Waals surface area (Å²) in [6.07, 6.45) is 3.06. The molecule has 0 aliphatic heterocycles. The van der Waals surface area contributed by atoms with E-state index >= 15 is 0 Å². The minimum atomic E-state index is -0.511. The number of Topliss-reactive ketones (excluding diaryl/α,β-unsaturated/α-hetero) is 1. The van der Waals surface area contributed by atoms with Crippen molar-refractivity contribution in [2.24, 2.45) is 5.41 Å². The molecule has 0 fully saturated rings. The van der Waals surface area contributed by atoms with Gasteiger partial charge in [-0.05, 0) is 23.8 Å². The van der Waals surface area contributed by atoms with Crippen LogP contribution in [0.15, 0.2) is 16.9 Å². The van der Waals surface area contributed by atoms with Crippen molar-refractivity contribution in [3.05, 3.63) is 42.3 Å². The molecule has 0 unspecified atom stereocenters. The molecular weight excluding hydrogens is 350 g/mol. The summed E-state index contributed by atoms with van der Waals surface area (Å²) in [6.45, 7) is 5.44. The summed E-state index contributed by atoms with van der Waals surface area (Å²) < 4.78 is 5.95. The van der Waals surface area contributed by atoms with E-state index in [2.05, 4.69) is 4.98 Å². The van der Waals surface area contributed by atoms with Crippen molar-refractivity contribution in [3.63, 3.8) is 0 Å². The highest BCUT2D eigenvalue weighted by Gasteiger charge is 2.18. The van der Waals surface area contributed by atoms with Gasteiger partial charge in [-0.15, -0.1) is 11.3 Å². The van der Waals surface area contributed by atoms with Crippen LogP contribution >= 0.6 is 22.9 Å². The van der Waals surface area contributed by atoms with Gasteiger partial charge in [0.1, 0.15) is 0 Å². The maximum Gasteiger partial charge on any atom is 0.266 e. The Morgan fingerprint density at radius 2 is 2.04 bits per heavy atom. The summed E-state index contributed by atoms with van der Waals surface area (Å²) >= 11 is 7.12. The molecule has 2 aromatic rings. The highest BCUT2D eigenvalue weighted by molar-refractivity contribution is 7.07. The van der Waals surface area contributed by atoms with Crippen LogP contribution in [0.4, 0.5) is 0 Å². The number of hydrogen-bond acceptors (Lipinski definition) is 5. The van der Waals surface area contributed by atoms with Crippen molar-refractivity contribution in [2.75, 3.05) is 7.11 Å². The number of ether oxygens (including phenoxy) is 1. The Kier molecular flexibility index (Phi) is 5.20. The Morgan fingerprint density at radius 1 is 1.38 bits per heavy atom. The topological polar surface area (TPSA) is 79.4 Å². The Bertz CT molecular complexity index is 950. The molecule has 0 atom stereocenters. The van der Waals surface area contributed by atoms with Crippen molar-refractivity contribution in [1.29, 1.82) is 0 Å². The lowest BCUT2D eigenvalue weighted by Crippen LogP contribution is -2.22. The van der Waals surface area contributed by atoms with Crippen molar-refractivity contribution in [3.8, 4) is 11.5 Å². The van der Waals surface area contributed by atoms with E-state index in [9.17, 15) is 14.7 Å². The number of phenols is 1. The number of nitrogens with one attached hydrogen (secondary N) is 1. The summed E-state index contributed by atoms with van der Waals surface area (Å²) in [5, 5.41) is 9.87. The molecule has 5 nitrogen and oxygen atoms in total. The van der Waals surface area contributed by atoms with Crippen LogP contribution in [0.25, 0.3) is 12.2 Å². The zero-order valence-corrected chi connectivity index (χ0v) is 15.3. The molecular formula is C17H18ClNO4S. The van der Waals surface area contributed by atoms with E-state index < -0.39 is 5.41 Å². The molecule has 0 aliphatic rings. The van der Waals surface area contributed by atoms with Crippen molar-refractivity contribution in [1.82, 2.24) is 4.98 Å². The molecule has 0 saturated heterocycles. The molecule has 1 heterocycles. The predicted octanol–water partition coefficient (Wildman–Crippen LogP) is 2.03. The van der Waals surface area contributed by atoms with Crippen LogP contribution in [0, 0.1) is 5.41 Å². The number of phenolic OH excluding ortho intramolecular Hbond substituents is 1. The van der Waals surface area contributed by atoms with Gasteiger partial charge >= 0.3 is 0 Å². The third kappa shape index (κ3) is 4.07. The Morgan fingerprint density at radius 3 is 2.62 bits per heavy atom. The second kappa shape index (κ2) is 6.83. The van der Waals surface area contributed by atoms with Crippen LogP contribution in [0.3, 0.4) is 0 Å². The van der Waals surface area contributed by atoms with Gasteiger partial charge in [0, 0.05) is 11.5 Å². The van der Waals surface area contributed by atoms with Gasteiger partial charge < -0.3 is 14.8 Å². The molecule has 128 valence electrons. The molecule has 24 heavy (non-hydrogen) atoms. The number of H-pyrrole nitrogens is 1. The second-order valence-electron chi connectivity index (χ2n) is 6.24. The lowest BCUT2D eigenvalue weighted by atomic mass is 9.91. The number of hydrogen-bond donors (Lipinski definition) is 2. The SMILES string of the molecule is COc1cc(/C=c2\s/c(=C/C(=O)C(C)(C)C)[nH]c2=O)cc(Cl)c1O. The van der Waals surface area contributed by atoms with E-state index in [-0.39, 0.29) is 27.9 Å². The maximum absolute atomic E-state index is 12.1. The van der Waals surface area contributed by atoms with E-state index in [4.69, 9.17) is 16.3 Å². The molecule has 0 saturated carbocycles. The van der Waals surface area contributed by atoms with E-state index in [0.717, 1.165) is 0 Å². The van der Waals surface area contributed by atoms with Gasteiger partial charge in [-0.3, -0.25) is 9.59 Å². The fraction of sp³-hybridized carbons (Fsp3) is 0.294. The number of aromatic hydroxyl groups is 1. The number of halogens is 1. The van der Waals surface area contributed by atoms with Gasteiger partial charge in [-0.1, -0.05) is 32.4 Å². The molecule has 0 bridgehead atoms. The fourth-order valence-corrected chi connectivity index (χ4v) is 2.95. The third-order valence-electron chi connectivity index (χ3n) is 3.25. The largest absolute Gasteiger partial charge is 0.503 e. The van der Waals surface area contributed by atoms with Gasteiger partial charge in [0.25, 0.3) is 5.56 Å². The molecule has 2 N–H and O–H groups in total. The maximum atomic E-state index is 12.1. The zero-order valence-electron chi connectivity index (χ0n) is 13.8. The number of carbonyl (C=O) groups is 1. The van der Waals surface area contributed by atoms with E-state index in [1.54, 1.807) is 12.1 Å². The first-order valence-corrected chi connectivity index (χ1v) is 8.35. The Hall–Kier alpha value is -2.05. The molecule has 7 heteroatoms. The fourth-order valence-electron chi connectivity index (χ4n) is 1.84. The standard InChI is InChI=1S/C17H18ClNO4S/c1-17(2,3)13(20)8-14-19-16(22)12(24-14)7-9-5-10(18)15(21)11(6-9)23-4/h5-8,21H,1-4H3,(H,19,22)/b12-7-,14-8+. The summed E-state index contributed by atoms with van der Waals surface area (Å²) in [5.41, 5.74) is -0.199. The van der Waals surface area contributed by atoms with Crippen LogP contribution in [0.5, 0.6) is 11.5 Å². The first-order valence-electron chi connectivity index (χ1n) is 7.15. The normalized spacial score (nSPS) is 13.4.